The quantitative estimate of drug-likeness (QED) is 0.649. The molecule has 2 aromatic carbocycles. The lowest BCUT2D eigenvalue weighted by atomic mass is 10.2. The third kappa shape index (κ3) is 3.57. The van der Waals surface area contributed by atoms with Crippen molar-refractivity contribution in [2.45, 2.75) is 6.92 Å². The van der Waals surface area contributed by atoms with Crippen LogP contribution in [0.1, 0.15) is 5.56 Å². The fourth-order valence-electron chi connectivity index (χ4n) is 1.76. The van der Waals surface area contributed by atoms with E-state index in [1.165, 1.54) is 0 Å². The van der Waals surface area contributed by atoms with Crippen LogP contribution < -0.4 is 19.9 Å². The van der Waals surface area contributed by atoms with E-state index in [1.807, 2.05) is 49.4 Å². The molecule has 2 aromatic rings. The fraction of sp³-hybridized carbons (Fsp3) is 0.250. The third-order valence-corrected chi connectivity index (χ3v) is 2.93. The average Bonchev–Trinajstić information content (AvgIpc) is 2.47. The van der Waals surface area contributed by atoms with Gasteiger partial charge in [0.1, 0.15) is 19.0 Å². The van der Waals surface area contributed by atoms with Crippen molar-refractivity contribution >= 4 is 5.69 Å². The molecule has 0 aliphatic rings. The summed E-state index contributed by atoms with van der Waals surface area (Å²) >= 11 is 0. The summed E-state index contributed by atoms with van der Waals surface area (Å²) in [6, 6.07) is 13.2. The van der Waals surface area contributed by atoms with Crippen molar-refractivity contribution in [1.82, 2.24) is 0 Å². The topological polar surface area (TPSA) is 53.7 Å². The first-order chi connectivity index (χ1) is 9.70. The van der Waals surface area contributed by atoms with E-state index in [0.29, 0.717) is 24.7 Å². The van der Waals surface area contributed by atoms with Gasteiger partial charge >= 0.3 is 0 Å². The van der Waals surface area contributed by atoms with Crippen LogP contribution in [-0.2, 0) is 0 Å². The number of nitrogen functional groups attached to an aromatic ring is 1. The molecular weight excluding hydrogens is 254 g/mol. The monoisotopic (exact) mass is 273 g/mol. The molecule has 0 saturated carbocycles. The summed E-state index contributed by atoms with van der Waals surface area (Å²) in [6.07, 6.45) is 0. The SMILES string of the molecule is COc1ccccc1OCCOc1ccc(C)c(N)c1. The van der Waals surface area contributed by atoms with Gasteiger partial charge in [0, 0.05) is 11.8 Å². The highest BCUT2D eigenvalue weighted by atomic mass is 16.5. The molecule has 0 radical (unpaired) electrons. The Hall–Kier alpha value is -2.36. The van der Waals surface area contributed by atoms with Gasteiger partial charge in [0.15, 0.2) is 11.5 Å². The van der Waals surface area contributed by atoms with Crippen molar-refractivity contribution in [2.24, 2.45) is 0 Å². The summed E-state index contributed by atoms with van der Waals surface area (Å²) in [5, 5.41) is 0. The van der Waals surface area contributed by atoms with Crippen molar-refractivity contribution in [3.05, 3.63) is 48.0 Å². The summed E-state index contributed by atoms with van der Waals surface area (Å²) < 4.78 is 16.4. The number of hydrogen-bond acceptors (Lipinski definition) is 4. The third-order valence-electron chi connectivity index (χ3n) is 2.93. The van der Waals surface area contributed by atoms with Gasteiger partial charge in [-0.15, -0.1) is 0 Å². The highest BCUT2D eigenvalue weighted by molar-refractivity contribution is 5.50. The lowest BCUT2D eigenvalue weighted by Crippen LogP contribution is -2.09. The number of anilines is 1. The largest absolute Gasteiger partial charge is 0.493 e. The van der Waals surface area contributed by atoms with Crippen LogP contribution in [0.25, 0.3) is 0 Å². The van der Waals surface area contributed by atoms with Crippen LogP contribution in [0.4, 0.5) is 5.69 Å². The molecule has 0 fully saturated rings. The van der Waals surface area contributed by atoms with Gasteiger partial charge in [-0.1, -0.05) is 18.2 Å². The van der Waals surface area contributed by atoms with Gasteiger partial charge < -0.3 is 19.9 Å². The zero-order valence-electron chi connectivity index (χ0n) is 11.8. The molecule has 0 aliphatic heterocycles. The van der Waals surface area contributed by atoms with E-state index in [1.54, 1.807) is 7.11 Å². The summed E-state index contributed by atoms with van der Waals surface area (Å²) in [5.74, 6) is 2.17. The van der Waals surface area contributed by atoms with Crippen molar-refractivity contribution < 1.29 is 14.2 Å². The van der Waals surface area contributed by atoms with E-state index in [4.69, 9.17) is 19.9 Å². The molecule has 0 atom stereocenters. The minimum absolute atomic E-state index is 0.439. The molecule has 0 saturated heterocycles. The second-order valence-corrected chi connectivity index (χ2v) is 4.37. The van der Waals surface area contributed by atoms with E-state index < -0.39 is 0 Å². The van der Waals surface area contributed by atoms with Crippen LogP contribution in [-0.4, -0.2) is 20.3 Å². The second-order valence-electron chi connectivity index (χ2n) is 4.37. The number of para-hydroxylation sites is 2. The van der Waals surface area contributed by atoms with Crippen molar-refractivity contribution in [3.8, 4) is 17.2 Å². The number of ether oxygens (including phenoxy) is 3. The Labute approximate surface area is 119 Å². The summed E-state index contributed by atoms with van der Waals surface area (Å²) in [4.78, 5) is 0. The standard InChI is InChI=1S/C16H19NO3/c1-12-7-8-13(11-14(12)17)19-9-10-20-16-6-4-3-5-15(16)18-2/h3-8,11H,9-10,17H2,1-2H3. The van der Waals surface area contributed by atoms with Crippen LogP contribution >= 0.6 is 0 Å². The molecule has 106 valence electrons. The molecular formula is C16H19NO3. The van der Waals surface area contributed by atoms with Gasteiger partial charge in [-0.25, -0.2) is 0 Å². The van der Waals surface area contributed by atoms with E-state index in [9.17, 15) is 0 Å². The van der Waals surface area contributed by atoms with E-state index in [0.717, 1.165) is 17.0 Å². The summed E-state index contributed by atoms with van der Waals surface area (Å²) in [5.41, 5.74) is 7.60. The van der Waals surface area contributed by atoms with Crippen LogP contribution in [0.15, 0.2) is 42.5 Å². The molecule has 0 aliphatic carbocycles. The average molecular weight is 273 g/mol. The van der Waals surface area contributed by atoms with Crippen LogP contribution in [0, 0.1) is 6.92 Å². The molecule has 0 aromatic heterocycles. The zero-order chi connectivity index (χ0) is 14.4. The predicted octanol–water partition coefficient (Wildman–Crippen LogP) is 3.04. The molecule has 0 bridgehead atoms. The first-order valence-electron chi connectivity index (χ1n) is 6.45. The number of aryl methyl sites for hydroxylation is 1. The molecule has 2 rings (SSSR count). The molecule has 0 spiro atoms. The Morgan fingerprint density at radius 3 is 2.35 bits per heavy atom. The number of nitrogens with two attached hydrogens (primary N) is 1. The molecule has 0 amide bonds. The maximum atomic E-state index is 5.83. The first kappa shape index (κ1) is 14.1. The number of rotatable bonds is 6. The van der Waals surface area contributed by atoms with Crippen LogP contribution in [0.3, 0.4) is 0 Å². The minimum Gasteiger partial charge on any atom is -0.493 e. The van der Waals surface area contributed by atoms with Gasteiger partial charge in [0.2, 0.25) is 0 Å². The van der Waals surface area contributed by atoms with Crippen LogP contribution in [0.5, 0.6) is 17.2 Å². The molecule has 0 heterocycles. The number of hydrogen-bond donors (Lipinski definition) is 1. The number of benzene rings is 2. The van der Waals surface area contributed by atoms with Crippen molar-refractivity contribution in [1.29, 1.82) is 0 Å². The summed E-state index contributed by atoms with van der Waals surface area (Å²) in [6.45, 7) is 2.85. The van der Waals surface area contributed by atoms with Gasteiger partial charge in [-0.2, -0.15) is 0 Å². The highest BCUT2D eigenvalue weighted by Gasteiger charge is 2.02. The van der Waals surface area contributed by atoms with Crippen LogP contribution in [0.2, 0.25) is 0 Å². The van der Waals surface area contributed by atoms with E-state index >= 15 is 0 Å². The lowest BCUT2D eigenvalue weighted by molar-refractivity contribution is 0.211. The Bertz CT molecular complexity index is 569. The fourth-order valence-corrected chi connectivity index (χ4v) is 1.76. The molecule has 4 nitrogen and oxygen atoms in total. The van der Waals surface area contributed by atoms with Crippen molar-refractivity contribution in [3.63, 3.8) is 0 Å². The Morgan fingerprint density at radius 2 is 1.65 bits per heavy atom. The zero-order valence-corrected chi connectivity index (χ0v) is 11.8. The van der Waals surface area contributed by atoms with Gasteiger partial charge in [0.05, 0.1) is 7.11 Å². The Morgan fingerprint density at radius 1 is 0.950 bits per heavy atom. The molecule has 2 N–H and O–H groups in total. The lowest BCUT2D eigenvalue weighted by Gasteiger charge is -2.11. The van der Waals surface area contributed by atoms with Gasteiger partial charge in [0.25, 0.3) is 0 Å². The van der Waals surface area contributed by atoms with E-state index in [-0.39, 0.29) is 0 Å². The summed E-state index contributed by atoms with van der Waals surface area (Å²) in [7, 11) is 1.62. The highest BCUT2D eigenvalue weighted by Crippen LogP contribution is 2.25. The molecule has 4 heteroatoms. The molecule has 20 heavy (non-hydrogen) atoms. The van der Waals surface area contributed by atoms with Gasteiger partial charge in [-0.05, 0) is 30.7 Å². The smallest absolute Gasteiger partial charge is 0.161 e. The maximum Gasteiger partial charge on any atom is 0.161 e. The van der Waals surface area contributed by atoms with Crippen molar-refractivity contribution in [2.75, 3.05) is 26.1 Å². The first-order valence-corrected chi connectivity index (χ1v) is 6.45. The molecule has 0 unspecified atom stereocenters. The predicted molar refractivity (Wildman–Crippen MR) is 79.6 cm³/mol. The second kappa shape index (κ2) is 6.70. The normalized spacial score (nSPS) is 10.1. The minimum atomic E-state index is 0.439. The Kier molecular flexibility index (Phi) is 4.71. The van der Waals surface area contributed by atoms with Gasteiger partial charge in [-0.3, -0.25) is 0 Å². The maximum absolute atomic E-state index is 5.83. The van der Waals surface area contributed by atoms with E-state index in [2.05, 4.69) is 0 Å². The number of methoxy groups -OCH3 is 1. The Balaban J connectivity index is 1.83.